The minimum Gasteiger partial charge on any atom is -0.379 e. The van der Waals surface area contributed by atoms with E-state index in [1.54, 1.807) is 6.92 Å². The maximum absolute atomic E-state index is 14.1. The first-order valence-electron chi connectivity index (χ1n) is 18.6. The number of Topliss-reactive ketones (excluding diaryl/α,β-unsaturated/α-hetero) is 1. The minimum atomic E-state index is -1.03. The van der Waals surface area contributed by atoms with Crippen LogP contribution in [0.3, 0.4) is 0 Å². The third-order valence-corrected chi connectivity index (χ3v) is 9.38. The molecule has 4 N–H and O–H groups in total. The van der Waals surface area contributed by atoms with Crippen LogP contribution in [0.4, 0.5) is 0 Å². The maximum Gasteiger partial charge on any atom is 0.243 e. The molecule has 5 atom stereocenters. The Balaban J connectivity index is 1.51. The zero-order valence-corrected chi connectivity index (χ0v) is 31.3. The fourth-order valence-corrected chi connectivity index (χ4v) is 6.33. The quantitative estimate of drug-likeness (QED) is 0.152. The van der Waals surface area contributed by atoms with E-state index in [9.17, 15) is 24.0 Å². The lowest BCUT2D eigenvalue weighted by atomic mass is 9.93. The van der Waals surface area contributed by atoms with Gasteiger partial charge >= 0.3 is 0 Å². The summed E-state index contributed by atoms with van der Waals surface area (Å²) in [6.45, 7) is 12.3. The molecule has 2 heterocycles. The molecule has 2 aliphatic heterocycles. The molecule has 284 valence electrons. The van der Waals surface area contributed by atoms with E-state index in [2.05, 4.69) is 21.3 Å². The van der Waals surface area contributed by atoms with E-state index in [1.165, 1.54) is 0 Å². The van der Waals surface area contributed by atoms with Gasteiger partial charge in [0.05, 0.1) is 32.4 Å². The average molecular weight is 720 g/mol. The van der Waals surface area contributed by atoms with E-state index < -0.39 is 47.5 Å². The van der Waals surface area contributed by atoms with Crippen molar-refractivity contribution in [3.05, 3.63) is 71.8 Å². The number of ketones is 1. The van der Waals surface area contributed by atoms with Crippen LogP contribution >= 0.6 is 0 Å². The van der Waals surface area contributed by atoms with Crippen LogP contribution in [0.2, 0.25) is 0 Å². The maximum atomic E-state index is 14.1. The first kappa shape index (κ1) is 40.6. The van der Waals surface area contributed by atoms with Gasteiger partial charge in [0, 0.05) is 19.5 Å². The average Bonchev–Trinajstić information content (AvgIpc) is 3.87. The summed E-state index contributed by atoms with van der Waals surface area (Å²) < 4.78 is 10.8. The molecule has 0 saturated carbocycles. The normalized spacial score (nSPS) is 19.6. The van der Waals surface area contributed by atoms with Crippen molar-refractivity contribution in [2.75, 3.05) is 39.5 Å². The number of morpholine rings is 1. The van der Waals surface area contributed by atoms with Crippen LogP contribution < -0.4 is 21.3 Å². The summed E-state index contributed by atoms with van der Waals surface area (Å²) in [5.74, 6) is -1.83. The molecule has 12 nitrogen and oxygen atoms in total. The van der Waals surface area contributed by atoms with Crippen molar-refractivity contribution in [3.8, 4) is 0 Å². The zero-order chi connectivity index (χ0) is 37.7. The van der Waals surface area contributed by atoms with Crippen molar-refractivity contribution in [2.24, 2.45) is 11.8 Å². The van der Waals surface area contributed by atoms with E-state index in [0.29, 0.717) is 58.6 Å². The summed E-state index contributed by atoms with van der Waals surface area (Å²) in [5.41, 5.74) is 0.915. The molecule has 0 aliphatic carbocycles. The second kappa shape index (κ2) is 19.6. The molecular weight excluding hydrogens is 662 g/mol. The predicted octanol–water partition coefficient (Wildman–Crippen LogP) is 2.58. The molecule has 0 aromatic heterocycles. The molecule has 2 fully saturated rings. The summed E-state index contributed by atoms with van der Waals surface area (Å²) in [4.78, 5) is 70.5. The summed E-state index contributed by atoms with van der Waals surface area (Å²) in [7, 11) is 0. The Kier molecular flexibility index (Phi) is 15.3. The molecular formula is C40H57N5O7. The van der Waals surface area contributed by atoms with Crippen LogP contribution in [0.15, 0.2) is 60.7 Å². The van der Waals surface area contributed by atoms with E-state index >= 15 is 0 Å². The van der Waals surface area contributed by atoms with Crippen molar-refractivity contribution in [1.29, 1.82) is 0 Å². The third-order valence-electron chi connectivity index (χ3n) is 9.38. The van der Waals surface area contributed by atoms with Crippen LogP contribution in [0.25, 0.3) is 0 Å². The minimum absolute atomic E-state index is 0.0171. The van der Waals surface area contributed by atoms with Crippen molar-refractivity contribution in [3.63, 3.8) is 0 Å². The molecule has 4 amide bonds. The van der Waals surface area contributed by atoms with Gasteiger partial charge in [-0.2, -0.15) is 0 Å². The first-order chi connectivity index (χ1) is 24.8. The molecule has 4 rings (SSSR count). The topological polar surface area (TPSA) is 158 Å². The third kappa shape index (κ3) is 13.1. The number of carbonyl (C=O) groups excluding carboxylic acids is 5. The van der Waals surface area contributed by atoms with E-state index in [0.717, 1.165) is 11.1 Å². The van der Waals surface area contributed by atoms with Gasteiger partial charge in [0.15, 0.2) is 5.78 Å². The molecule has 52 heavy (non-hydrogen) atoms. The number of ether oxygens (including phenoxy) is 2. The molecule has 2 aromatic carbocycles. The smallest absolute Gasteiger partial charge is 0.243 e. The van der Waals surface area contributed by atoms with Crippen LogP contribution in [0.1, 0.15) is 65.0 Å². The molecule has 2 aliphatic rings. The summed E-state index contributed by atoms with van der Waals surface area (Å²) in [6, 6.07) is 15.3. The van der Waals surface area contributed by atoms with Gasteiger partial charge in [-0.3, -0.25) is 28.9 Å². The van der Waals surface area contributed by atoms with Crippen molar-refractivity contribution < 1.29 is 33.4 Å². The molecule has 0 unspecified atom stereocenters. The van der Waals surface area contributed by atoms with Gasteiger partial charge in [0.2, 0.25) is 23.6 Å². The van der Waals surface area contributed by atoms with Gasteiger partial charge in [0.1, 0.15) is 23.7 Å². The Morgan fingerprint density at radius 3 is 1.77 bits per heavy atom. The first-order valence-corrected chi connectivity index (χ1v) is 18.6. The molecule has 0 radical (unpaired) electrons. The van der Waals surface area contributed by atoms with E-state index in [4.69, 9.17) is 9.47 Å². The lowest BCUT2D eigenvalue weighted by Crippen LogP contribution is -2.59. The molecule has 12 heteroatoms. The fourth-order valence-electron chi connectivity index (χ4n) is 6.33. The number of hydrogen-bond acceptors (Lipinski definition) is 8. The number of aryl methyl sites for hydroxylation is 1. The van der Waals surface area contributed by atoms with E-state index in [1.807, 2.05) is 93.3 Å². The Morgan fingerprint density at radius 1 is 0.692 bits per heavy atom. The number of amides is 4. The highest BCUT2D eigenvalue weighted by Crippen LogP contribution is 2.29. The number of rotatable bonds is 20. The number of carbonyl (C=O) groups is 5. The second-order valence-corrected chi connectivity index (χ2v) is 15.0. The number of nitrogens with one attached hydrogen (secondary N) is 4. The van der Waals surface area contributed by atoms with Gasteiger partial charge < -0.3 is 30.7 Å². The summed E-state index contributed by atoms with van der Waals surface area (Å²) in [5, 5.41) is 11.7. The van der Waals surface area contributed by atoms with Crippen molar-refractivity contribution >= 4 is 29.4 Å². The number of benzene rings is 2. The molecule has 0 spiro atoms. The van der Waals surface area contributed by atoms with Crippen molar-refractivity contribution in [1.82, 2.24) is 26.2 Å². The number of nitrogens with zero attached hydrogens (tertiary/aromatic N) is 1. The predicted molar refractivity (Wildman–Crippen MR) is 198 cm³/mol. The van der Waals surface area contributed by atoms with Gasteiger partial charge in [-0.15, -0.1) is 0 Å². The molecule has 2 aromatic rings. The van der Waals surface area contributed by atoms with E-state index in [-0.39, 0.29) is 36.5 Å². The van der Waals surface area contributed by atoms with Gasteiger partial charge in [0.25, 0.3) is 0 Å². The Hall–Kier alpha value is -4.13. The highest BCUT2D eigenvalue weighted by atomic mass is 16.6. The summed E-state index contributed by atoms with van der Waals surface area (Å²) >= 11 is 0. The standard InChI is InChI=1S/C40H57N5O7/c1-27(2)22-32(36(47)40(5)26-52-40)42-39(50)34(24-30-14-10-7-11-15-30)44-38(49)33(23-28(3)4)43-37(48)31(17-16-29-12-8-6-9-13-29)41-35(46)25-45-18-20-51-21-19-45/h6-15,27-28,31-34H,16-26H2,1-5H3,(H,41,46)(H,42,50)(H,43,48)(H,44,49)/t31-,32+,33-,34-,40-/m0/s1. The molecule has 0 bridgehead atoms. The van der Waals surface area contributed by atoms with Crippen LogP contribution in [-0.2, 0) is 46.3 Å². The van der Waals surface area contributed by atoms with Crippen LogP contribution in [-0.4, -0.2) is 104 Å². The highest BCUT2D eigenvalue weighted by molar-refractivity contribution is 5.98. The van der Waals surface area contributed by atoms with Gasteiger partial charge in [-0.25, -0.2) is 0 Å². The lowest BCUT2D eigenvalue weighted by Gasteiger charge is -2.29. The highest BCUT2D eigenvalue weighted by Gasteiger charge is 2.50. The Labute approximate surface area is 308 Å². The lowest BCUT2D eigenvalue weighted by molar-refractivity contribution is -0.135. The SMILES string of the molecule is CC(C)C[C@H](NC(=O)[C@H](CCc1ccccc1)NC(=O)CN1CCOCC1)C(=O)N[C@@H](Cc1ccccc1)C(=O)N[C@H](CC(C)C)C(=O)[C@]1(C)CO1. The summed E-state index contributed by atoms with van der Waals surface area (Å²) in [6.07, 6.45) is 1.76. The zero-order valence-electron chi connectivity index (χ0n) is 31.3. The van der Waals surface area contributed by atoms with Gasteiger partial charge in [-0.1, -0.05) is 88.4 Å². The van der Waals surface area contributed by atoms with Crippen LogP contribution in [0, 0.1) is 11.8 Å². The monoisotopic (exact) mass is 719 g/mol. The van der Waals surface area contributed by atoms with Crippen LogP contribution in [0.5, 0.6) is 0 Å². The fraction of sp³-hybridized carbons (Fsp3) is 0.575. The van der Waals surface area contributed by atoms with Crippen molar-refractivity contribution in [2.45, 2.75) is 96.5 Å². The van der Waals surface area contributed by atoms with Gasteiger partial charge in [-0.05, 0) is 55.6 Å². The Morgan fingerprint density at radius 2 is 1.19 bits per heavy atom. The number of epoxide rings is 1. The molecule has 2 saturated heterocycles. The second-order valence-electron chi connectivity index (χ2n) is 15.0. The largest absolute Gasteiger partial charge is 0.379 e. The number of hydrogen-bond donors (Lipinski definition) is 4. The Bertz CT molecular complexity index is 1480.